The Labute approximate surface area is 150 Å². The average Bonchev–Trinajstić information content (AvgIpc) is 3.39. The Morgan fingerprint density at radius 2 is 1.88 bits per heavy atom. The molecule has 0 saturated heterocycles. The Morgan fingerprint density at radius 3 is 2.50 bits per heavy atom. The summed E-state index contributed by atoms with van der Waals surface area (Å²) in [6.07, 6.45) is 11.1. The minimum absolute atomic E-state index is 0.473. The maximum absolute atomic E-state index is 9.30. The van der Waals surface area contributed by atoms with E-state index in [0.29, 0.717) is 17.5 Å². The molecule has 0 spiro atoms. The molecule has 1 N–H and O–H groups in total. The summed E-state index contributed by atoms with van der Waals surface area (Å²) in [4.78, 5) is 10.3. The molecular weight excluding hydrogens is 330 g/mol. The van der Waals surface area contributed by atoms with E-state index in [1.54, 1.807) is 24.8 Å². The molecule has 0 atom stereocenters. The summed E-state index contributed by atoms with van der Waals surface area (Å²) < 4.78 is 7.70. The summed E-state index contributed by atoms with van der Waals surface area (Å²) >= 11 is 0. The van der Waals surface area contributed by atoms with Gasteiger partial charge >= 0.3 is 0 Å². The molecule has 7 nitrogen and oxygen atoms in total. The predicted molar refractivity (Wildman–Crippen MR) is 96.9 cm³/mol. The van der Waals surface area contributed by atoms with E-state index in [2.05, 4.69) is 15.1 Å². The second-order valence-electron chi connectivity index (χ2n) is 5.75. The molecule has 0 bridgehead atoms. The summed E-state index contributed by atoms with van der Waals surface area (Å²) in [7, 11) is 0. The van der Waals surface area contributed by atoms with Crippen LogP contribution in [0.4, 0.5) is 0 Å². The third-order valence-electron chi connectivity index (χ3n) is 4.07. The van der Waals surface area contributed by atoms with Crippen molar-refractivity contribution in [2.24, 2.45) is 5.16 Å². The maximum Gasteiger partial charge on any atom is 0.219 e. The van der Waals surface area contributed by atoms with Gasteiger partial charge in [0.05, 0.1) is 6.33 Å². The van der Waals surface area contributed by atoms with Gasteiger partial charge in [-0.2, -0.15) is 0 Å². The number of amidine groups is 1. The van der Waals surface area contributed by atoms with Gasteiger partial charge in [0.2, 0.25) is 5.88 Å². The molecule has 0 saturated carbocycles. The van der Waals surface area contributed by atoms with Gasteiger partial charge < -0.3 is 19.4 Å². The number of aromatic nitrogens is 3. The number of hydrogen-bond donors (Lipinski definition) is 1. The molecule has 3 heterocycles. The summed E-state index contributed by atoms with van der Waals surface area (Å²) in [5.41, 5.74) is 1.74. The standard InChI is InChI=1S/C19H17N5O2/c25-22-19(23-10-1-2-11-23)15-3-8-18(21-13-15)26-17-6-4-16(5-7-17)24-12-9-20-14-24/h1-9,12-14,25H,10-11H2/b22-19-. The third-order valence-corrected chi connectivity index (χ3v) is 4.07. The fraction of sp³-hybridized carbons (Fsp3) is 0.105. The average molecular weight is 347 g/mol. The van der Waals surface area contributed by atoms with E-state index in [0.717, 1.165) is 24.3 Å². The van der Waals surface area contributed by atoms with Gasteiger partial charge in [-0.3, -0.25) is 0 Å². The van der Waals surface area contributed by atoms with Crippen molar-refractivity contribution in [3.05, 3.63) is 79.0 Å². The van der Waals surface area contributed by atoms with E-state index < -0.39 is 0 Å². The molecule has 1 aliphatic rings. The van der Waals surface area contributed by atoms with Crippen molar-refractivity contribution in [2.75, 3.05) is 13.1 Å². The van der Waals surface area contributed by atoms with Crippen LogP contribution in [0.25, 0.3) is 5.69 Å². The lowest BCUT2D eigenvalue weighted by atomic mass is 10.2. The Kier molecular flexibility index (Phi) is 4.34. The van der Waals surface area contributed by atoms with Crippen molar-refractivity contribution in [3.8, 4) is 17.3 Å². The Balaban J connectivity index is 1.45. The molecule has 1 aliphatic heterocycles. The molecule has 26 heavy (non-hydrogen) atoms. The molecule has 130 valence electrons. The molecule has 3 aromatic rings. The van der Waals surface area contributed by atoms with Crippen molar-refractivity contribution in [2.45, 2.75) is 0 Å². The lowest BCUT2D eigenvalue weighted by Crippen LogP contribution is -2.29. The van der Waals surface area contributed by atoms with Gasteiger partial charge in [0, 0.05) is 49.0 Å². The first kappa shape index (κ1) is 15.9. The van der Waals surface area contributed by atoms with Crippen molar-refractivity contribution in [1.29, 1.82) is 0 Å². The van der Waals surface area contributed by atoms with Crippen LogP contribution in [-0.2, 0) is 0 Å². The van der Waals surface area contributed by atoms with Crippen molar-refractivity contribution >= 4 is 5.84 Å². The van der Waals surface area contributed by atoms with E-state index >= 15 is 0 Å². The highest BCUT2D eigenvalue weighted by molar-refractivity contribution is 5.98. The number of nitrogens with zero attached hydrogens (tertiary/aromatic N) is 5. The first-order valence-electron chi connectivity index (χ1n) is 8.18. The fourth-order valence-corrected chi connectivity index (χ4v) is 2.75. The summed E-state index contributed by atoms with van der Waals surface area (Å²) in [6.45, 7) is 1.45. The number of hydrogen-bond acceptors (Lipinski definition) is 5. The zero-order valence-corrected chi connectivity index (χ0v) is 13.9. The smallest absolute Gasteiger partial charge is 0.219 e. The van der Waals surface area contributed by atoms with Gasteiger partial charge in [0.25, 0.3) is 0 Å². The summed E-state index contributed by atoms with van der Waals surface area (Å²) in [5, 5.41) is 12.7. The Bertz CT molecular complexity index is 908. The van der Waals surface area contributed by atoms with Crippen LogP contribution in [0, 0.1) is 0 Å². The van der Waals surface area contributed by atoms with Crippen LogP contribution in [0.5, 0.6) is 11.6 Å². The van der Waals surface area contributed by atoms with Crippen molar-refractivity contribution in [3.63, 3.8) is 0 Å². The first-order valence-corrected chi connectivity index (χ1v) is 8.18. The summed E-state index contributed by atoms with van der Waals surface area (Å²) in [6, 6.07) is 11.2. The molecule has 2 aromatic heterocycles. The molecule has 0 aliphatic carbocycles. The quantitative estimate of drug-likeness (QED) is 0.258. The van der Waals surface area contributed by atoms with Crippen molar-refractivity contribution in [1.82, 2.24) is 19.4 Å². The first-order chi connectivity index (χ1) is 12.8. The largest absolute Gasteiger partial charge is 0.439 e. The second-order valence-corrected chi connectivity index (χ2v) is 5.75. The Morgan fingerprint density at radius 1 is 1.08 bits per heavy atom. The number of rotatable bonds is 4. The van der Waals surface area contributed by atoms with Crippen LogP contribution >= 0.6 is 0 Å². The molecule has 0 amide bonds. The van der Waals surface area contributed by atoms with Crippen LogP contribution in [0.3, 0.4) is 0 Å². The summed E-state index contributed by atoms with van der Waals surface area (Å²) in [5.74, 6) is 1.66. The lowest BCUT2D eigenvalue weighted by Gasteiger charge is -2.18. The molecule has 1 aromatic carbocycles. The normalized spacial score (nSPS) is 14.0. The minimum atomic E-state index is 0.473. The number of oxime groups is 1. The van der Waals surface area contributed by atoms with Gasteiger partial charge in [-0.25, -0.2) is 9.97 Å². The number of imidazole rings is 1. The van der Waals surface area contributed by atoms with Crippen molar-refractivity contribution < 1.29 is 9.94 Å². The van der Waals surface area contributed by atoms with E-state index in [1.807, 2.05) is 58.1 Å². The van der Waals surface area contributed by atoms with Gasteiger partial charge in [-0.05, 0) is 30.3 Å². The highest BCUT2D eigenvalue weighted by Crippen LogP contribution is 2.21. The number of pyridine rings is 1. The van der Waals surface area contributed by atoms with Crippen LogP contribution < -0.4 is 4.74 Å². The number of benzene rings is 1. The predicted octanol–water partition coefficient (Wildman–Crippen LogP) is 3.07. The third kappa shape index (κ3) is 3.27. The zero-order valence-electron chi connectivity index (χ0n) is 13.9. The highest BCUT2D eigenvalue weighted by Gasteiger charge is 2.15. The van der Waals surface area contributed by atoms with E-state index in [-0.39, 0.29) is 0 Å². The van der Waals surface area contributed by atoms with Crippen LogP contribution in [0.15, 0.2) is 78.6 Å². The highest BCUT2D eigenvalue weighted by atomic mass is 16.5. The molecule has 0 unspecified atom stereocenters. The van der Waals surface area contributed by atoms with E-state index in [1.165, 1.54) is 0 Å². The number of ether oxygens (including phenoxy) is 1. The van der Waals surface area contributed by atoms with E-state index in [4.69, 9.17) is 4.74 Å². The van der Waals surface area contributed by atoms with Gasteiger partial charge in [0.1, 0.15) is 5.75 Å². The molecule has 4 rings (SSSR count). The topological polar surface area (TPSA) is 75.8 Å². The fourth-order valence-electron chi connectivity index (χ4n) is 2.75. The zero-order chi connectivity index (χ0) is 17.8. The molecular formula is C19H17N5O2. The molecule has 0 fully saturated rings. The van der Waals surface area contributed by atoms with E-state index in [9.17, 15) is 5.21 Å². The van der Waals surface area contributed by atoms with Crippen LogP contribution in [-0.4, -0.2) is 43.6 Å². The molecule has 0 radical (unpaired) electrons. The second kappa shape index (κ2) is 7.10. The van der Waals surface area contributed by atoms with Gasteiger partial charge in [-0.1, -0.05) is 17.3 Å². The van der Waals surface area contributed by atoms with Gasteiger partial charge in [0.15, 0.2) is 5.84 Å². The molecule has 7 heteroatoms. The maximum atomic E-state index is 9.30. The van der Waals surface area contributed by atoms with Crippen LogP contribution in [0.2, 0.25) is 0 Å². The van der Waals surface area contributed by atoms with Gasteiger partial charge in [-0.15, -0.1) is 0 Å². The SMILES string of the molecule is O/N=C(/c1ccc(Oc2ccc(-n3ccnc3)cc2)nc1)N1CC=CC1. The monoisotopic (exact) mass is 347 g/mol. The van der Waals surface area contributed by atoms with Crippen LogP contribution in [0.1, 0.15) is 5.56 Å². The minimum Gasteiger partial charge on any atom is -0.439 e. The Hall–Kier alpha value is -3.61. The lowest BCUT2D eigenvalue weighted by molar-refractivity contribution is 0.308.